The number of azo groups is 1. The van der Waals surface area contributed by atoms with Crippen molar-refractivity contribution in [3.05, 3.63) is 35.9 Å². The van der Waals surface area contributed by atoms with Crippen LogP contribution >= 0.6 is 11.8 Å². The van der Waals surface area contributed by atoms with Gasteiger partial charge in [-0.15, -0.1) is 0 Å². The number of hydrogen-bond acceptors (Lipinski definition) is 7. The lowest BCUT2D eigenvalue weighted by atomic mass is 10.1. The normalized spacial score (nSPS) is 18.3. The average molecular weight is 312 g/mol. The zero-order valence-corrected chi connectivity index (χ0v) is 12.2. The van der Waals surface area contributed by atoms with Gasteiger partial charge in [-0.1, -0.05) is 36.0 Å². The number of benzene rings is 1. The van der Waals surface area contributed by atoms with Crippen molar-refractivity contribution in [1.29, 1.82) is 10.5 Å². The lowest BCUT2D eigenvalue weighted by Gasteiger charge is -2.20. The molecular weight excluding hydrogens is 300 g/mol. The van der Waals surface area contributed by atoms with Crippen molar-refractivity contribution >= 4 is 28.8 Å². The fraction of sp³-hybridized carbons (Fsp3) is 0.214. The van der Waals surface area contributed by atoms with Gasteiger partial charge in [0.05, 0.1) is 11.7 Å². The summed E-state index contributed by atoms with van der Waals surface area (Å²) in [6, 6.07) is 9.65. The first kappa shape index (κ1) is 15.7. The van der Waals surface area contributed by atoms with Crippen LogP contribution in [0.4, 0.5) is 10.5 Å². The molecule has 1 aromatic rings. The largest absolute Gasteiger partial charge is 0.293 e. The molecule has 22 heavy (non-hydrogen) atoms. The summed E-state index contributed by atoms with van der Waals surface area (Å²) >= 11 is 1.23. The van der Waals surface area contributed by atoms with E-state index in [2.05, 4.69) is 21.1 Å². The average Bonchev–Trinajstić information content (AvgIpc) is 2.56. The summed E-state index contributed by atoms with van der Waals surface area (Å²) in [4.78, 5) is 11.0. The zero-order valence-electron chi connectivity index (χ0n) is 11.4. The zero-order chi connectivity index (χ0) is 15.8. The number of hydrazine groups is 1. The lowest BCUT2D eigenvalue weighted by molar-refractivity contribution is 0.254. The molecule has 1 aromatic carbocycles. The standard InChI is InChI=1S/C14H12N6OS/c15-7-13(8-16)19-17-11-4-1-10(2-5-11)3-6-12-9-22-14(21)20-18-12/h1-6,12-13,18H,9H2,(H,20,21). The lowest BCUT2D eigenvalue weighted by Crippen LogP contribution is -2.47. The van der Waals surface area contributed by atoms with Gasteiger partial charge in [0.25, 0.3) is 5.24 Å². The molecule has 7 nitrogen and oxygen atoms in total. The predicted octanol–water partition coefficient (Wildman–Crippen LogP) is 2.53. The van der Waals surface area contributed by atoms with Crippen molar-refractivity contribution in [2.24, 2.45) is 10.2 Å². The number of nitriles is 2. The molecule has 1 heterocycles. The molecule has 1 fully saturated rings. The topological polar surface area (TPSA) is 113 Å². The van der Waals surface area contributed by atoms with Crippen molar-refractivity contribution < 1.29 is 4.79 Å². The predicted molar refractivity (Wildman–Crippen MR) is 82.9 cm³/mol. The first-order chi connectivity index (χ1) is 10.7. The minimum absolute atomic E-state index is 0.0765. The maximum absolute atomic E-state index is 11.0. The number of nitrogens with one attached hydrogen (secondary N) is 2. The fourth-order valence-corrected chi connectivity index (χ4v) is 2.24. The van der Waals surface area contributed by atoms with Crippen LogP contribution in [-0.4, -0.2) is 23.1 Å². The Morgan fingerprint density at radius 2 is 2.05 bits per heavy atom. The Kier molecular flexibility index (Phi) is 5.66. The number of thioether (sulfide) groups is 1. The summed E-state index contributed by atoms with van der Waals surface area (Å²) in [6.07, 6.45) is 3.90. The third-order valence-corrected chi connectivity index (χ3v) is 3.59. The maximum Gasteiger partial charge on any atom is 0.293 e. The molecule has 8 heteroatoms. The van der Waals surface area contributed by atoms with Gasteiger partial charge in [-0.3, -0.25) is 10.2 Å². The molecule has 110 valence electrons. The molecule has 0 radical (unpaired) electrons. The van der Waals surface area contributed by atoms with Crippen molar-refractivity contribution in [2.45, 2.75) is 12.1 Å². The molecule has 1 aliphatic rings. The summed E-state index contributed by atoms with van der Waals surface area (Å²) < 4.78 is 0. The number of carbonyl (C=O) groups excluding carboxylic acids is 1. The van der Waals surface area contributed by atoms with Gasteiger partial charge in [0.2, 0.25) is 6.04 Å². The molecule has 1 aliphatic heterocycles. The highest BCUT2D eigenvalue weighted by Crippen LogP contribution is 2.16. The van der Waals surface area contributed by atoms with Crippen molar-refractivity contribution in [1.82, 2.24) is 10.9 Å². The van der Waals surface area contributed by atoms with E-state index >= 15 is 0 Å². The second-order valence-corrected chi connectivity index (χ2v) is 5.29. The molecule has 0 spiro atoms. The molecule has 2 rings (SSSR count). The quantitative estimate of drug-likeness (QED) is 0.829. The van der Waals surface area contributed by atoms with Crippen LogP contribution in [0.15, 0.2) is 40.6 Å². The van der Waals surface area contributed by atoms with Crippen molar-refractivity contribution in [3.8, 4) is 12.1 Å². The van der Waals surface area contributed by atoms with Gasteiger partial charge < -0.3 is 0 Å². The molecule has 0 saturated carbocycles. The van der Waals surface area contributed by atoms with Gasteiger partial charge in [-0.05, 0) is 17.7 Å². The van der Waals surface area contributed by atoms with Gasteiger partial charge in [-0.2, -0.15) is 20.8 Å². The Balaban J connectivity index is 1.93. The molecule has 2 N–H and O–H groups in total. The summed E-state index contributed by atoms with van der Waals surface area (Å²) in [7, 11) is 0. The van der Waals surface area contributed by atoms with Crippen LogP contribution in [0, 0.1) is 22.7 Å². The molecule has 1 saturated heterocycles. The number of carbonyl (C=O) groups is 1. The van der Waals surface area contributed by atoms with Gasteiger partial charge in [0.15, 0.2) is 0 Å². The van der Waals surface area contributed by atoms with E-state index in [0.717, 1.165) is 5.56 Å². The third-order valence-electron chi connectivity index (χ3n) is 2.70. The summed E-state index contributed by atoms with van der Waals surface area (Å²) in [5, 5.41) is 24.6. The highest BCUT2D eigenvalue weighted by atomic mass is 32.2. The maximum atomic E-state index is 11.0. The first-order valence-electron chi connectivity index (χ1n) is 6.38. The fourth-order valence-electron chi connectivity index (χ4n) is 1.58. The Morgan fingerprint density at radius 1 is 1.32 bits per heavy atom. The van der Waals surface area contributed by atoms with Crippen LogP contribution in [0.3, 0.4) is 0 Å². The van der Waals surface area contributed by atoms with E-state index < -0.39 is 6.04 Å². The molecule has 0 aliphatic carbocycles. The second kappa shape index (κ2) is 7.93. The SMILES string of the molecule is N#CC(C#N)N=Nc1ccc(C=CC2CSC(=O)NN2)cc1. The molecule has 0 aromatic heterocycles. The molecular formula is C14H12N6OS. The summed E-state index contributed by atoms with van der Waals surface area (Å²) in [6.45, 7) is 0. The Hall–Kier alpha value is -2.68. The summed E-state index contributed by atoms with van der Waals surface area (Å²) in [5.74, 6) is 0.679. The summed E-state index contributed by atoms with van der Waals surface area (Å²) in [5.41, 5.74) is 7.00. The Bertz CT molecular complexity index is 646. The van der Waals surface area contributed by atoms with Crippen LogP contribution in [0.1, 0.15) is 5.56 Å². The van der Waals surface area contributed by atoms with Gasteiger partial charge in [0, 0.05) is 5.75 Å². The highest BCUT2D eigenvalue weighted by Gasteiger charge is 2.14. The molecule has 1 unspecified atom stereocenters. The van der Waals surface area contributed by atoms with Crippen molar-refractivity contribution in [2.75, 3.05) is 5.75 Å². The van der Waals surface area contributed by atoms with Crippen LogP contribution in [-0.2, 0) is 0 Å². The van der Waals surface area contributed by atoms with E-state index in [9.17, 15) is 4.79 Å². The van der Waals surface area contributed by atoms with E-state index in [0.29, 0.717) is 11.4 Å². The van der Waals surface area contributed by atoms with E-state index in [-0.39, 0.29) is 11.3 Å². The third kappa shape index (κ3) is 4.70. The molecule has 1 amide bonds. The van der Waals surface area contributed by atoms with Crippen LogP contribution in [0.25, 0.3) is 6.08 Å². The van der Waals surface area contributed by atoms with Gasteiger partial charge in [-0.25, -0.2) is 5.43 Å². The molecule has 0 bridgehead atoms. The molecule has 1 atom stereocenters. The second-order valence-electron chi connectivity index (χ2n) is 4.30. The number of hydrogen-bond donors (Lipinski definition) is 2. The van der Waals surface area contributed by atoms with E-state index in [1.54, 1.807) is 24.3 Å². The van der Waals surface area contributed by atoms with Crippen molar-refractivity contribution in [3.63, 3.8) is 0 Å². The number of amides is 1. The monoisotopic (exact) mass is 312 g/mol. The van der Waals surface area contributed by atoms with Crippen LogP contribution < -0.4 is 10.9 Å². The number of rotatable bonds is 4. The van der Waals surface area contributed by atoms with Crippen LogP contribution in [0.2, 0.25) is 0 Å². The van der Waals surface area contributed by atoms with E-state index in [1.807, 2.05) is 24.3 Å². The van der Waals surface area contributed by atoms with Gasteiger partial charge >= 0.3 is 0 Å². The van der Waals surface area contributed by atoms with E-state index in [4.69, 9.17) is 10.5 Å². The van der Waals surface area contributed by atoms with E-state index in [1.165, 1.54) is 11.8 Å². The minimum Gasteiger partial charge on any atom is -0.282 e. The Morgan fingerprint density at radius 3 is 2.64 bits per heavy atom. The Labute approximate surface area is 131 Å². The first-order valence-corrected chi connectivity index (χ1v) is 7.36. The number of nitrogens with zero attached hydrogens (tertiary/aromatic N) is 4. The smallest absolute Gasteiger partial charge is 0.282 e. The minimum atomic E-state index is -1.08. The highest BCUT2D eigenvalue weighted by molar-refractivity contribution is 8.13. The van der Waals surface area contributed by atoms with Gasteiger partial charge in [0.1, 0.15) is 12.1 Å². The van der Waals surface area contributed by atoms with Crippen LogP contribution in [0.5, 0.6) is 0 Å².